The lowest BCUT2D eigenvalue weighted by Crippen LogP contribution is -1.96. The van der Waals surface area contributed by atoms with Crippen LogP contribution in [-0.2, 0) is 6.54 Å². The summed E-state index contributed by atoms with van der Waals surface area (Å²) in [5, 5.41) is 9.05. The zero-order valence-electron chi connectivity index (χ0n) is 11.2. The fraction of sp³-hybridized carbons (Fsp3) is 0.0625. The summed E-state index contributed by atoms with van der Waals surface area (Å²) in [6.45, 7) is 0.718. The molecule has 0 bridgehead atoms. The molecule has 21 heavy (non-hydrogen) atoms. The number of aromatic nitrogens is 2. The van der Waals surface area contributed by atoms with Gasteiger partial charge in [-0.25, -0.2) is 4.98 Å². The molecule has 0 fully saturated rings. The number of hydrogen-bond donors (Lipinski definition) is 0. The van der Waals surface area contributed by atoms with Crippen molar-refractivity contribution in [1.29, 1.82) is 0 Å². The Morgan fingerprint density at radius 3 is 2.48 bits per heavy atom. The highest BCUT2D eigenvalue weighted by Gasteiger charge is 2.02. The maximum atomic E-state index is 5.84. The van der Waals surface area contributed by atoms with Gasteiger partial charge in [0.05, 0.1) is 12.2 Å². The normalized spacial score (nSPS) is 11.1. The molecule has 2 aromatic carbocycles. The molecule has 0 spiro atoms. The Balaban J connectivity index is 1.78. The smallest absolute Gasteiger partial charge is 0.249 e. The average Bonchev–Trinajstić information content (AvgIpc) is 2.95. The number of nitrogens with zero attached hydrogens (tertiary/aromatic N) is 4. The first kappa shape index (κ1) is 13.5. The standard InChI is InChI=1S/C16H13ClN4/c17-14-6-8-15(9-7-14)19-20-16-18-10-11-21(16)12-13-4-2-1-3-5-13/h1-11H,12H2. The highest BCUT2D eigenvalue weighted by Crippen LogP contribution is 2.19. The minimum absolute atomic E-state index is 0.578. The third kappa shape index (κ3) is 3.55. The van der Waals surface area contributed by atoms with E-state index in [0.717, 1.165) is 12.2 Å². The van der Waals surface area contributed by atoms with Crippen LogP contribution in [-0.4, -0.2) is 9.55 Å². The van der Waals surface area contributed by atoms with E-state index in [2.05, 4.69) is 27.3 Å². The quantitative estimate of drug-likeness (QED) is 0.625. The third-order valence-electron chi connectivity index (χ3n) is 2.97. The predicted molar refractivity (Wildman–Crippen MR) is 83.4 cm³/mol. The molecule has 5 heteroatoms. The maximum Gasteiger partial charge on any atom is 0.249 e. The van der Waals surface area contributed by atoms with E-state index < -0.39 is 0 Å². The van der Waals surface area contributed by atoms with E-state index >= 15 is 0 Å². The van der Waals surface area contributed by atoms with Gasteiger partial charge in [0.2, 0.25) is 5.95 Å². The van der Waals surface area contributed by atoms with E-state index in [1.807, 2.05) is 41.1 Å². The summed E-state index contributed by atoms with van der Waals surface area (Å²) >= 11 is 5.84. The van der Waals surface area contributed by atoms with Gasteiger partial charge in [-0.2, -0.15) is 0 Å². The summed E-state index contributed by atoms with van der Waals surface area (Å²) in [5.74, 6) is 0.578. The lowest BCUT2D eigenvalue weighted by atomic mass is 10.2. The molecule has 0 unspecified atom stereocenters. The summed E-state index contributed by atoms with van der Waals surface area (Å²) in [4.78, 5) is 4.22. The molecule has 0 aliphatic heterocycles. The second-order valence-corrected chi connectivity index (χ2v) is 4.95. The monoisotopic (exact) mass is 296 g/mol. The number of benzene rings is 2. The van der Waals surface area contributed by atoms with Gasteiger partial charge in [-0.05, 0) is 29.8 Å². The molecule has 0 atom stereocenters. The van der Waals surface area contributed by atoms with Gasteiger partial charge >= 0.3 is 0 Å². The molecular formula is C16H13ClN4. The number of halogens is 1. The summed E-state index contributed by atoms with van der Waals surface area (Å²) in [7, 11) is 0. The molecule has 4 nitrogen and oxygen atoms in total. The Morgan fingerprint density at radius 1 is 0.952 bits per heavy atom. The largest absolute Gasteiger partial charge is 0.310 e. The minimum atomic E-state index is 0.578. The van der Waals surface area contributed by atoms with Crippen molar-refractivity contribution >= 4 is 23.2 Å². The second kappa shape index (κ2) is 6.33. The molecule has 1 aromatic heterocycles. The van der Waals surface area contributed by atoms with Crippen LogP contribution < -0.4 is 0 Å². The Kier molecular flexibility index (Phi) is 4.07. The Hall–Kier alpha value is -2.46. The SMILES string of the molecule is Clc1ccc(N=Nc2nccn2Cc2ccccc2)cc1. The van der Waals surface area contributed by atoms with Gasteiger partial charge in [0.25, 0.3) is 0 Å². The van der Waals surface area contributed by atoms with Crippen molar-refractivity contribution in [1.82, 2.24) is 9.55 Å². The first-order valence-corrected chi connectivity index (χ1v) is 6.91. The van der Waals surface area contributed by atoms with Crippen LogP contribution in [0.1, 0.15) is 5.56 Å². The van der Waals surface area contributed by atoms with Crippen LogP contribution >= 0.6 is 11.6 Å². The summed E-state index contributed by atoms with van der Waals surface area (Å²) in [5.41, 5.74) is 1.94. The molecular weight excluding hydrogens is 284 g/mol. The number of hydrogen-bond acceptors (Lipinski definition) is 3. The van der Waals surface area contributed by atoms with Crippen molar-refractivity contribution in [2.75, 3.05) is 0 Å². The minimum Gasteiger partial charge on any atom is -0.310 e. The van der Waals surface area contributed by atoms with E-state index in [9.17, 15) is 0 Å². The molecule has 3 rings (SSSR count). The van der Waals surface area contributed by atoms with E-state index in [1.54, 1.807) is 18.3 Å². The highest BCUT2D eigenvalue weighted by atomic mass is 35.5. The van der Waals surface area contributed by atoms with E-state index in [-0.39, 0.29) is 0 Å². The summed E-state index contributed by atoms with van der Waals surface area (Å²) < 4.78 is 1.95. The molecule has 1 heterocycles. The fourth-order valence-electron chi connectivity index (χ4n) is 1.92. The van der Waals surface area contributed by atoms with Crippen molar-refractivity contribution in [3.8, 4) is 0 Å². The molecule has 0 aliphatic carbocycles. The molecule has 0 aliphatic rings. The van der Waals surface area contributed by atoms with Crippen molar-refractivity contribution in [2.24, 2.45) is 10.2 Å². The average molecular weight is 297 g/mol. The van der Waals surface area contributed by atoms with Crippen molar-refractivity contribution in [3.05, 3.63) is 77.6 Å². The van der Waals surface area contributed by atoms with Gasteiger partial charge in [0.1, 0.15) is 0 Å². The van der Waals surface area contributed by atoms with E-state index in [1.165, 1.54) is 5.56 Å². The van der Waals surface area contributed by atoms with Crippen LogP contribution in [0, 0.1) is 0 Å². The van der Waals surface area contributed by atoms with Crippen LogP contribution in [0.3, 0.4) is 0 Å². The Bertz CT molecular complexity index is 732. The topological polar surface area (TPSA) is 42.5 Å². The van der Waals surface area contributed by atoms with E-state index in [4.69, 9.17) is 11.6 Å². The van der Waals surface area contributed by atoms with Crippen LogP contribution in [0.2, 0.25) is 5.02 Å². The zero-order valence-corrected chi connectivity index (χ0v) is 12.0. The molecule has 104 valence electrons. The second-order valence-electron chi connectivity index (χ2n) is 4.52. The van der Waals surface area contributed by atoms with Gasteiger partial charge in [-0.3, -0.25) is 0 Å². The molecule has 0 saturated heterocycles. The lowest BCUT2D eigenvalue weighted by Gasteiger charge is -2.03. The van der Waals surface area contributed by atoms with E-state index in [0.29, 0.717) is 11.0 Å². The van der Waals surface area contributed by atoms with Crippen LogP contribution in [0.5, 0.6) is 0 Å². The molecule has 0 radical (unpaired) electrons. The van der Waals surface area contributed by atoms with Gasteiger partial charge in [-0.15, -0.1) is 10.2 Å². The lowest BCUT2D eigenvalue weighted by molar-refractivity contribution is 0.791. The molecule has 0 amide bonds. The van der Waals surface area contributed by atoms with Crippen molar-refractivity contribution in [2.45, 2.75) is 6.54 Å². The van der Waals surface area contributed by atoms with Gasteiger partial charge in [0, 0.05) is 17.4 Å². The molecule has 0 saturated carbocycles. The Morgan fingerprint density at radius 2 is 1.71 bits per heavy atom. The third-order valence-corrected chi connectivity index (χ3v) is 3.22. The summed E-state index contributed by atoms with van der Waals surface area (Å²) in [6.07, 6.45) is 3.61. The fourth-order valence-corrected chi connectivity index (χ4v) is 2.04. The van der Waals surface area contributed by atoms with Crippen molar-refractivity contribution in [3.63, 3.8) is 0 Å². The zero-order chi connectivity index (χ0) is 14.5. The first-order chi connectivity index (χ1) is 10.3. The number of rotatable bonds is 4. The molecule has 0 N–H and O–H groups in total. The Labute approximate surface area is 127 Å². The molecule has 3 aromatic rings. The van der Waals surface area contributed by atoms with Gasteiger partial charge in [0.15, 0.2) is 0 Å². The van der Waals surface area contributed by atoms with Crippen molar-refractivity contribution < 1.29 is 0 Å². The van der Waals surface area contributed by atoms with Crippen LogP contribution in [0.25, 0.3) is 0 Å². The highest BCUT2D eigenvalue weighted by molar-refractivity contribution is 6.30. The number of azo groups is 1. The summed E-state index contributed by atoms with van der Waals surface area (Å²) in [6, 6.07) is 17.4. The maximum absolute atomic E-state index is 5.84. The number of imidazole rings is 1. The van der Waals surface area contributed by atoms with Gasteiger partial charge < -0.3 is 4.57 Å². The van der Waals surface area contributed by atoms with Crippen LogP contribution in [0.15, 0.2) is 77.2 Å². The van der Waals surface area contributed by atoms with Gasteiger partial charge in [-0.1, -0.05) is 41.9 Å². The first-order valence-electron chi connectivity index (χ1n) is 6.53. The van der Waals surface area contributed by atoms with Crippen LogP contribution in [0.4, 0.5) is 11.6 Å². The predicted octanol–water partition coefficient (Wildman–Crippen LogP) is 5.00.